The number of carbonyl (C=O) groups is 1. The summed E-state index contributed by atoms with van der Waals surface area (Å²) in [5, 5.41) is 13.2. The van der Waals surface area contributed by atoms with Crippen LogP contribution in [0.5, 0.6) is 0 Å². The molecule has 98 valence electrons. The number of hydrogen-bond donors (Lipinski definition) is 2. The Morgan fingerprint density at radius 3 is 2.61 bits per heavy atom. The molecule has 0 aliphatic heterocycles. The van der Waals surface area contributed by atoms with E-state index in [0.29, 0.717) is 5.69 Å². The molecule has 0 saturated carbocycles. The van der Waals surface area contributed by atoms with Gasteiger partial charge in [-0.1, -0.05) is 25.4 Å². The van der Waals surface area contributed by atoms with Crippen LogP contribution in [0.25, 0.3) is 0 Å². The third kappa shape index (κ3) is 3.41. The standard InChI is InChI=1S/C11H14ClN3O3/c1-6(2)10(13)11(16)14-7-3-4-8(12)9(5-7)15(17)18/h3-6,10H,13H2,1-2H3,(H,14,16). The van der Waals surface area contributed by atoms with Gasteiger partial charge < -0.3 is 11.1 Å². The third-order valence-electron chi connectivity index (χ3n) is 2.43. The second-order valence-electron chi connectivity index (χ2n) is 4.18. The molecule has 1 unspecified atom stereocenters. The van der Waals surface area contributed by atoms with Crippen LogP contribution in [-0.2, 0) is 4.79 Å². The highest BCUT2D eigenvalue weighted by Gasteiger charge is 2.19. The quantitative estimate of drug-likeness (QED) is 0.647. The molecule has 3 N–H and O–H groups in total. The minimum atomic E-state index is -0.667. The number of anilines is 1. The van der Waals surface area contributed by atoms with E-state index in [-0.39, 0.29) is 22.5 Å². The van der Waals surface area contributed by atoms with E-state index < -0.39 is 11.0 Å². The lowest BCUT2D eigenvalue weighted by atomic mass is 10.0. The Morgan fingerprint density at radius 1 is 1.50 bits per heavy atom. The van der Waals surface area contributed by atoms with Crippen LogP contribution in [0.2, 0.25) is 5.02 Å². The van der Waals surface area contributed by atoms with Gasteiger partial charge in [-0.3, -0.25) is 14.9 Å². The number of nitro groups is 1. The molecule has 1 aromatic rings. The van der Waals surface area contributed by atoms with Gasteiger partial charge in [0, 0.05) is 11.8 Å². The Hall–Kier alpha value is -1.66. The van der Waals surface area contributed by atoms with Crippen LogP contribution < -0.4 is 11.1 Å². The van der Waals surface area contributed by atoms with E-state index in [9.17, 15) is 14.9 Å². The van der Waals surface area contributed by atoms with Crippen molar-refractivity contribution < 1.29 is 9.72 Å². The number of nitrogens with two attached hydrogens (primary N) is 1. The minimum Gasteiger partial charge on any atom is -0.324 e. The molecule has 1 rings (SSSR count). The Morgan fingerprint density at radius 2 is 2.11 bits per heavy atom. The maximum absolute atomic E-state index is 11.7. The molecule has 0 saturated heterocycles. The van der Waals surface area contributed by atoms with Gasteiger partial charge in [0.2, 0.25) is 5.91 Å². The van der Waals surface area contributed by atoms with E-state index in [1.165, 1.54) is 18.2 Å². The first-order chi connectivity index (χ1) is 8.32. The molecule has 6 nitrogen and oxygen atoms in total. The summed E-state index contributed by atoms with van der Waals surface area (Å²) in [6.45, 7) is 3.63. The second-order valence-corrected chi connectivity index (χ2v) is 4.59. The van der Waals surface area contributed by atoms with Crippen molar-refractivity contribution in [3.8, 4) is 0 Å². The van der Waals surface area contributed by atoms with E-state index in [4.69, 9.17) is 17.3 Å². The van der Waals surface area contributed by atoms with Crippen LogP contribution in [0.1, 0.15) is 13.8 Å². The van der Waals surface area contributed by atoms with E-state index in [0.717, 1.165) is 0 Å². The molecule has 0 aromatic heterocycles. The van der Waals surface area contributed by atoms with Crippen LogP contribution in [0, 0.1) is 16.0 Å². The highest BCUT2D eigenvalue weighted by atomic mass is 35.5. The molecule has 1 amide bonds. The molecule has 0 aliphatic carbocycles. The fraction of sp³-hybridized carbons (Fsp3) is 0.364. The van der Waals surface area contributed by atoms with Crippen molar-refractivity contribution in [2.75, 3.05) is 5.32 Å². The third-order valence-corrected chi connectivity index (χ3v) is 2.75. The highest BCUT2D eigenvalue weighted by molar-refractivity contribution is 6.32. The summed E-state index contributed by atoms with van der Waals surface area (Å²) in [7, 11) is 0. The van der Waals surface area contributed by atoms with Crippen molar-refractivity contribution in [3.63, 3.8) is 0 Å². The summed E-state index contributed by atoms with van der Waals surface area (Å²) < 4.78 is 0. The molecular weight excluding hydrogens is 258 g/mol. The monoisotopic (exact) mass is 271 g/mol. The fourth-order valence-corrected chi connectivity index (χ4v) is 1.45. The first kappa shape index (κ1) is 14.4. The van der Waals surface area contributed by atoms with Gasteiger partial charge in [0.1, 0.15) is 5.02 Å². The van der Waals surface area contributed by atoms with Crippen molar-refractivity contribution in [2.24, 2.45) is 11.7 Å². The van der Waals surface area contributed by atoms with Gasteiger partial charge in [0.15, 0.2) is 0 Å². The number of rotatable bonds is 4. The lowest BCUT2D eigenvalue weighted by molar-refractivity contribution is -0.384. The van der Waals surface area contributed by atoms with Crippen LogP contribution in [-0.4, -0.2) is 16.9 Å². The van der Waals surface area contributed by atoms with Crippen molar-refractivity contribution >= 4 is 28.9 Å². The molecule has 1 atom stereocenters. The Bertz CT molecular complexity index is 477. The SMILES string of the molecule is CC(C)C(N)C(=O)Nc1ccc(Cl)c([N+](=O)[O-])c1. The predicted octanol–water partition coefficient (Wildman–Crippen LogP) is 2.17. The van der Waals surface area contributed by atoms with E-state index in [1.807, 2.05) is 13.8 Å². The number of carbonyl (C=O) groups excluding carboxylic acids is 1. The molecule has 0 fully saturated rings. The first-order valence-electron chi connectivity index (χ1n) is 5.33. The predicted molar refractivity (Wildman–Crippen MR) is 69.5 cm³/mol. The zero-order chi connectivity index (χ0) is 13.9. The van der Waals surface area contributed by atoms with Gasteiger partial charge in [-0.2, -0.15) is 0 Å². The number of nitro benzene ring substituents is 1. The van der Waals surface area contributed by atoms with Gasteiger partial charge >= 0.3 is 0 Å². The van der Waals surface area contributed by atoms with E-state index >= 15 is 0 Å². The van der Waals surface area contributed by atoms with E-state index in [2.05, 4.69) is 5.32 Å². The zero-order valence-corrected chi connectivity index (χ0v) is 10.8. The van der Waals surface area contributed by atoms with Crippen molar-refractivity contribution in [2.45, 2.75) is 19.9 Å². The van der Waals surface area contributed by atoms with Gasteiger partial charge in [0.05, 0.1) is 11.0 Å². The fourth-order valence-electron chi connectivity index (χ4n) is 1.26. The number of nitrogens with one attached hydrogen (secondary N) is 1. The number of halogens is 1. The molecule has 0 radical (unpaired) electrons. The van der Waals surface area contributed by atoms with Crippen LogP contribution in [0.4, 0.5) is 11.4 Å². The lowest BCUT2D eigenvalue weighted by Gasteiger charge is -2.15. The van der Waals surface area contributed by atoms with Gasteiger partial charge in [-0.25, -0.2) is 0 Å². The summed E-state index contributed by atoms with van der Waals surface area (Å²) >= 11 is 5.66. The van der Waals surface area contributed by atoms with Gasteiger partial charge in [0.25, 0.3) is 5.69 Å². The Labute approximate surface area is 109 Å². The maximum atomic E-state index is 11.7. The lowest BCUT2D eigenvalue weighted by Crippen LogP contribution is -2.39. The number of benzene rings is 1. The molecule has 1 aromatic carbocycles. The van der Waals surface area contributed by atoms with E-state index in [1.54, 1.807) is 0 Å². The van der Waals surface area contributed by atoms with Crippen LogP contribution in [0.3, 0.4) is 0 Å². The average Bonchev–Trinajstić information content (AvgIpc) is 2.29. The van der Waals surface area contributed by atoms with Crippen LogP contribution in [0.15, 0.2) is 18.2 Å². The summed E-state index contributed by atoms with van der Waals surface area (Å²) in [5.41, 5.74) is 5.71. The topological polar surface area (TPSA) is 98.3 Å². The first-order valence-corrected chi connectivity index (χ1v) is 5.71. The number of amides is 1. The van der Waals surface area contributed by atoms with Gasteiger partial charge in [-0.05, 0) is 18.1 Å². The maximum Gasteiger partial charge on any atom is 0.289 e. The molecule has 0 bridgehead atoms. The number of nitrogens with zero attached hydrogens (tertiary/aromatic N) is 1. The van der Waals surface area contributed by atoms with Crippen molar-refractivity contribution in [1.82, 2.24) is 0 Å². The minimum absolute atomic E-state index is 0.0196. The number of hydrogen-bond acceptors (Lipinski definition) is 4. The zero-order valence-electron chi connectivity index (χ0n) is 10.0. The van der Waals surface area contributed by atoms with Crippen molar-refractivity contribution in [1.29, 1.82) is 0 Å². The normalized spacial score (nSPS) is 12.3. The molecule has 7 heteroatoms. The van der Waals surface area contributed by atoms with Gasteiger partial charge in [-0.15, -0.1) is 0 Å². The molecule has 0 aliphatic rings. The second kappa shape index (κ2) is 5.79. The summed E-state index contributed by atoms with van der Waals surface area (Å²) in [6.07, 6.45) is 0. The molecule has 18 heavy (non-hydrogen) atoms. The highest BCUT2D eigenvalue weighted by Crippen LogP contribution is 2.27. The smallest absolute Gasteiger partial charge is 0.289 e. The molecule has 0 heterocycles. The summed E-state index contributed by atoms with van der Waals surface area (Å²) in [4.78, 5) is 21.8. The Kier molecular flexibility index (Phi) is 4.63. The Balaban J connectivity index is 2.89. The summed E-state index contributed by atoms with van der Waals surface area (Å²) in [6, 6.07) is 3.38. The molecule has 0 spiro atoms. The summed E-state index contributed by atoms with van der Waals surface area (Å²) in [5.74, 6) is -0.408. The average molecular weight is 272 g/mol. The van der Waals surface area contributed by atoms with Crippen molar-refractivity contribution in [3.05, 3.63) is 33.3 Å². The largest absolute Gasteiger partial charge is 0.324 e. The van der Waals surface area contributed by atoms with Crippen LogP contribution >= 0.6 is 11.6 Å². The molecular formula is C11H14ClN3O3.